The van der Waals surface area contributed by atoms with Crippen LogP contribution >= 0.6 is 11.3 Å². The van der Waals surface area contributed by atoms with Crippen molar-refractivity contribution in [1.82, 2.24) is 9.97 Å². The third-order valence-corrected chi connectivity index (χ3v) is 5.93. The fourth-order valence-electron chi connectivity index (χ4n) is 3.29. The van der Waals surface area contributed by atoms with Crippen LogP contribution in [0, 0.1) is 0 Å². The van der Waals surface area contributed by atoms with Crippen LogP contribution in [0.2, 0.25) is 0 Å². The van der Waals surface area contributed by atoms with Gasteiger partial charge in [0.25, 0.3) is 0 Å². The van der Waals surface area contributed by atoms with Crippen LogP contribution in [0.4, 0.5) is 5.82 Å². The summed E-state index contributed by atoms with van der Waals surface area (Å²) in [7, 11) is 3.59. The van der Waals surface area contributed by atoms with E-state index in [1.54, 1.807) is 24.8 Å². The second-order valence-electron chi connectivity index (χ2n) is 6.48. The number of aliphatic hydroxyl groups is 1. The lowest BCUT2D eigenvalue weighted by molar-refractivity contribution is 0.264. The standard InChI is InChI=1S/C22H21N3O2S/c1-25(19(13-26)15-8-10-17(27-2)11-9-15)21-18-12-20(16-6-4-3-5-7-16)28-22(18)24-14-23-21/h3-12,14,19,26H,13H2,1-2H3/t19-/m1/s1. The van der Waals surface area contributed by atoms with Gasteiger partial charge in [-0.05, 0) is 29.3 Å². The van der Waals surface area contributed by atoms with E-state index in [-0.39, 0.29) is 12.6 Å². The number of anilines is 1. The molecule has 2 aromatic carbocycles. The minimum absolute atomic E-state index is 0.0238. The summed E-state index contributed by atoms with van der Waals surface area (Å²) in [5.74, 6) is 1.59. The van der Waals surface area contributed by atoms with Crippen molar-refractivity contribution in [3.8, 4) is 16.2 Å². The van der Waals surface area contributed by atoms with E-state index < -0.39 is 0 Å². The highest BCUT2D eigenvalue weighted by atomic mass is 32.1. The number of likely N-dealkylation sites (N-methyl/N-ethyl adjacent to an activating group) is 1. The van der Waals surface area contributed by atoms with Crippen LogP contribution in [0.5, 0.6) is 5.75 Å². The van der Waals surface area contributed by atoms with Crippen molar-refractivity contribution in [2.75, 3.05) is 25.7 Å². The monoisotopic (exact) mass is 391 g/mol. The Labute approximate surface area is 167 Å². The molecule has 0 bridgehead atoms. The topological polar surface area (TPSA) is 58.5 Å². The van der Waals surface area contributed by atoms with Gasteiger partial charge < -0.3 is 14.7 Å². The molecule has 0 amide bonds. The van der Waals surface area contributed by atoms with Crippen LogP contribution in [-0.4, -0.2) is 35.8 Å². The molecule has 0 spiro atoms. The first-order valence-corrected chi connectivity index (χ1v) is 9.80. The Morgan fingerprint density at radius 3 is 2.50 bits per heavy atom. The number of hydrogen-bond donors (Lipinski definition) is 1. The maximum Gasteiger partial charge on any atom is 0.141 e. The largest absolute Gasteiger partial charge is 0.497 e. The average Bonchev–Trinajstić information content (AvgIpc) is 3.20. The zero-order chi connectivity index (χ0) is 19.5. The number of benzene rings is 2. The summed E-state index contributed by atoms with van der Waals surface area (Å²) >= 11 is 1.65. The molecule has 0 saturated carbocycles. The molecule has 2 aromatic heterocycles. The van der Waals surface area contributed by atoms with Crippen molar-refractivity contribution in [1.29, 1.82) is 0 Å². The number of hydrogen-bond acceptors (Lipinski definition) is 6. The minimum atomic E-state index is -0.218. The van der Waals surface area contributed by atoms with Crippen molar-refractivity contribution in [2.24, 2.45) is 0 Å². The van der Waals surface area contributed by atoms with Crippen LogP contribution in [0.25, 0.3) is 20.7 Å². The van der Waals surface area contributed by atoms with Crippen molar-refractivity contribution in [3.63, 3.8) is 0 Å². The number of ether oxygens (including phenoxy) is 1. The smallest absolute Gasteiger partial charge is 0.141 e. The van der Waals surface area contributed by atoms with Gasteiger partial charge in [0, 0.05) is 11.9 Å². The van der Waals surface area contributed by atoms with Crippen molar-refractivity contribution >= 4 is 27.4 Å². The molecule has 0 aliphatic rings. The van der Waals surface area contributed by atoms with Crippen molar-refractivity contribution in [2.45, 2.75) is 6.04 Å². The van der Waals surface area contributed by atoms with Gasteiger partial charge in [0.1, 0.15) is 22.7 Å². The predicted octanol–water partition coefficient (Wildman–Crippen LogP) is 4.54. The molecule has 28 heavy (non-hydrogen) atoms. The summed E-state index contributed by atoms with van der Waals surface area (Å²) in [6.07, 6.45) is 1.59. The normalized spacial score (nSPS) is 12.1. The van der Waals surface area contributed by atoms with Crippen molar-refractivity contribution in [3.05, 3.63) is 72.6 Å². The number of methoxy groups -OCH3 is 1. The molecule has 0 unspecified atom stereocenters. The molecule has 0 fully saturated rings. The summed E-state index contributed by atoms with van der Waals surface area (Å²) < 4.78 is 5.23. The molecular formula is C22H21N3O2S. The van der Waals surface area contributed by atoms with Gasteiger partial charge >= 0.3 is 0 Å². The minimum Gasteiger partial charge on any atom is -0.497 e. The summed E-state index contributed by atoms with van der Waals surface area (Å²) in [5.41, 5.74) is 2.16. The maximum absolute atomic E-state index is 10.1. The molecule has 1 atom stereocenters. The highest BCUT2D eigenvalue weighted by Crippen LogP contribution is 2.37. The Bertz CT molecular complexity index is 1060. The zero-order valence-electron chi connectivity index (χ0n) is 15.7. The lowest BCUT2D eigenvalue weighted by Gasteiger charge is -2.28. The lowest BCUT2D eigenvalue weighted by atomic mass is 10.1. The third-order valence-electron chi connectivity index (χ3n) is 4.84. The molecule has 2 heterocycles. The molecule has 0 saturated heterocycles. The van der Waals surface area contributed by atoms with Gasteiger partial charge in [0.05, 0.1) is 25.1 Å². The van der Waals surface area contributed by atoms with Gasteiger partial charge in [-0.15, -0.1) is 11.3 Å². The highest BCUT2D eigenvalue weighted by molar-refractivity contribution is 7.21. The molecular weight excluding hydrogens is 370 g/mol. The lowest BCUT2D eigenvalue weighted by Crippen LogP contribution is -2.28. The Hall–Kier alpha value is -2.96. The van der Waals surface area contributed by atoms with Crippen LogP contribution in [0.3, 0.4) is 0 Å². The molecule has 0 radical (unpaired) electrons. The van der Waals surface area contributed by atoms with E-state index in [1.807, 2.05) is 54.4 Å². The second-order valence-corrected chi connectivity index (χ2v) is 7.51. The van der Waals surface area contributed by atoms with E-state index >= 15 is 0 Å². The highest BCUT2D eigenvalue weighted by Gasteiger charge is 2.21. The van der Waals surface area contributed by atoms with Crippen LogP contribution in [0.1, 0.15) is 11.6 Å². The average molecular weight is 391 g/mol. The summed E-state index contributed by atoms with van der Waals surface area (Å²) in [4.78, 5) is 13.1. The Morgan fingerprint density at radius 1 is 1.07 bits per heavy atom. The summed E-state index contributed by atoms with van der Waals surface area (Å²) in [6, 6.07) is 19.9. The molecule has 4 rings (SSSR count). The fraction of sp³-hybridized carbons (Fsp3) is 0.182. The first-order valence-electron chi connectivity index (χ1n) is 8.99. The van der Waals surface area contributed by atoms with Gasteiger partial charge in [0.15, 0.2) is 0 Å². The van der Waals surface area contributed by atoms with Gasteiger partial charge in [-0.2, -0.15) is 0 Å². The second kappa shape index (κ2) is 7.96. The number of aliphatic hydroxyl groups excluding tert-OH is 1. The third kappa shape index (κ3) is 3.44. The van der Waals surface area contributed by atoms with E-state index in [0.717, 1.165) is 37.8 Å². The Kier molecular flexibility index (Phi) is 5.23. The van der Waals surface area contributed by atoms with E-state index in [2.05, 4.69) is 28.2 Å². The van der Waals surface area contributed by atoms with E-state index in [0.29, 0.717) is 0 Å². The maximum atomic E-state index is 10.1. The van der Waals surface area contributed by atoms with Crippen LogP contribution < -0.4 is 9.64 Å². The van der Waals surface area contributed by atoms with Gasteiger partial charge in [-0.25, -0.2) is 9.97 Å². The van der Waals surface area contributed by atoms with Gasteiger partial charge in [0.2, 0.25) is 0 Å². The number of nitrogens with zero attached hydrogens (tertiary/aromatic N) is 3. The molecule has 5 nitrogen and oxygen atoms in total. The fourth-order valence-corrected chi connectivity index (χ4v) is 4.29. The Balaban J connectivity index is 1.73. The van der Waals surface area contributed by atoms with Crippen molar-refractivity contribution < 1.29 is 9.84 Å². The zero-order valence-corrected chi connectivity index (χ0v) is 16.6. The van der Waals surface area contributed by atoms with E-state index in [4.69, 9.17) is 4.74 Å². The SMILES string of the molecule is COc1ccc([C@@H](CO)N(C)c2ncnc3sc(-c4ccccc4)cc23)cc1. The van der Waals surface area contributed by atoms with Crippen LogP contribution in [0.15, 0.2) is 67.0 Å². The summed E-state index contributed by atoms with van der Waals surface area (Å²) in [6.45, 7) is -0.0238. The van der Waals surface area contributed by atoms with Crippen LogP contribution in [-0.2, 0) is 0 Å². The molecule has 142 valence electrons. The quantitative estimate of drug-likeness (QED) is 0.523. The first kappa shape index (κ1) is 18.4. The number of rotatable bonds is 6. The summed E-state index contributed by atoms with van der Waals surface area (Å²) in [5, 5.41) is 11.1. The molecule has 0 aliphatic heterocycles. The molecule has 1 N–H and O–H groups in total. The number of fused-ring (bicyclic) bond motifs is 1. The van der Waals surface area contributed by atoms with Gasteiger partial charge in [-0.3, -0.25) is 0 Å². The number of thiophene rings is 1. The Morgan fingerprint density at radius 2 is 1.82 bits per heavy atom. The number of aromatic nitrogens is 2. The molecule has 4 aromatic rings. The van der Waals surface area contributed by atoms with E-state index in [1.165, 1.54) is 0 Å². The van der Waals surface area contributed by atoms with E-state index in [9.17, 15) is 5.11 Å². The molecule has 6 heteroatoms. The first-order chi connectivity index (χ1) is 13.7. The predicted molar refractivity (Wildman–Crippen MR) is 114 cm³/mol. The molecule has 0 aliphatic carbocycles. The van der Waals surface area contributed by atoms with Gasteiger partial charge in [-0.1, -0.05) is 42.5 Å².